The summed E-state index contributed by atoms with van der Waals surface area (Å²) in [6.07, 6.45) is 0. The smallest absolute Gasteiger partial charge is 0.0976 e. The van der Waals surface area contributed by atoms with Crippen LogP contribution in [0.2, 0.25) is 4.34 Å². The second-order valence-electron chi connectivity index (χ2n) is 2.95. The fraction of sp³-hybridized carbons (Fsp3) is 0.500. The predicted molar refractivity (Wildman–Crippen MR) is 54.6 cm³/mol. The van der Waals surface area contributed by atoms with Gasteiger partial charge in [0.1, 0.15) is 0 Å². The molecular formula is C8H13ClN2S. The summed E-state index contributed by atoms with van der Waals surface area (Å²) in [5.74, 6) is 0. The molecule has 0 amide bonds. The third-order valence-electron chi connectivity index (χ3n) is 1.50. The van der Waals surface area contributed by atoms with E-state index in [-0.39, 0.29) is 0 Å². The van der Waals surface area contributed by atoms with Crippen LogP contribution < -0.4 is 5.73 Å². The Balaban J connectivity index is 2.77. The Morgan fingerprint density at radius 1 is 1.58 bits per heavy atom. The van der Waals surface area contributed by atoms with Gasteiger partial charge in [-0.2, -0.15) is 0 Å². The van der Waals surface area contributed by atoms with Crippen LogP contribution in [0.25, 0.3) is 0 Å². The van der Waals surface area contributed by atoms with Crippen LogP contribution in [0.5, 0.6) is 0 Å². The largest absolute Gasteiger partial charge is 0.326 e. The molecule has 1 aromatic heterocycles. The molecule has 0 radical (unpaired) electrons. The van der Waals surface area contributed by atoms with Gasteiger partial charge in [0.05, 0.1) is 4.34 Å². The molecule has 0 aromatic carbocycles. The van der Waals surface area contributed by atoms with Crippen LogP contribution in [0.3, 0.4) is 0 Å². The second kappa shape index (κ2) is 4.23. The van der Waals surface area contributed by atoms with Crippen molar-refractivity contribution in [1.82, 2.24) is 4.90 Å². The lowest BCUT2D eigenvalue weighted by molar-refractivity contribution is 0.403. The van der Waals surface area contributed by atoms with Crippen molar-refractivity contribution in [2.45, 2.75) is 13.1 Å². The first-order chi connectivity index (χ1) is 5.63. The molecule has 1 heterocycles. The molecule has 1 rings (SSSR count). The summed E-state index contributed by atoms with van der Waals surface area (Å²) in [6.45, 7) is 1.47. The van der Waals surface area contributed by atoms with E-state index in [9.17, 15) is 0 Å². The summed E-state index contributed by atoms with van der Waals surface area (Å²) in [6, 6.07) is 2.08. The normalized spacial score (nSPS) is 11.1. The van der Waals surface area contributed by atoms with Gasteiger partial charge < -0.3 is 10.6 Å². The summed E-state index contributed by atoms with van der Waals surface area (Å²) in [4.78, 5) is 3.24. The fourth-order valence-corrected chi connectivity index (χ4v) is 2.19. The first kappa shape index (κ1) is 9.99. The van der Waals surface area contributed by atoms with Crippen molar-refractivity contribution in [3.63, 3.8) is 0 Å². The van der Waals surface area contributed by atoms with E-state index in [0.717, 1.165) is 15.8 Å². The monoisotopic (exact) mass is 204 g/mol. The van der Waals surface area contributed by atoms with E-state index in [1.165, 1.54) is 5.56 Å². The lowest BCUT2D eigenvalue weighted by Crippen LogP contribution is -2.10. The van der Waals surface area contributed by atoms with Crippen LogP contribution >= 0.6 is 22.9 Å². The van der Waals surface area contributed by atoms with Crippen LogP contribution in [-0.4, -0.2) is 19.0 Å². The molecule has 1 aromatic rings. The van der Waals surface area contributed by atoms with Crippen molar-refractivity contribution >= 4 is 22.9 Å². The minimum Gasteiger partial charge on any atom is -0.326 e. The Kier molecular flexibility index (Phi) is 3.53. The Morgan fingerprint density at radius 2 is 2.25 bits per heavy atom. The molecule has 0 spiro atoms. The van der Waals surface area contributed by atoms with Gasteiger partial charge in [-0.1, -0.05) is 11.6 Å². The van der Waals surface area contributed by atoms with E-state index < -0.39 is 0 Å². The highest BCUT2D eigenvalue weighted by Crippen LogP contribution is 2.27. The minimum atomic E-state index is 0.581. The zero-order valence-corrected chi connectivity index (χ0v) is 8.87. The molecule has 0 atom stereocenters. The number of hydrogen-bond donors (Lipinski definition) is 1. The van der Waals surface area contributed by atoms with E-state index in [1.54, 1.807) is 11.3 Å². The predicted octanol–water partition coefficient (Wildman–Crippen LogP) is 1.92. The number of nitrogens with two attached hydrogens (primary N) is 1. The Labute approximate surface area is 81.9 Å². The zero-order valence-electron chi connectivity index (χ0n) is 7.30. The average Bonchev–Trinajstić information content (AvgIpc) is 2.31. The molecule has 0 bridgehead atoms. The highest BCUT2D eigenvalue weighted by molar-refractivity contribution is 7.16. The molecule has 2 nitrogen and oxygen atoms in total. The second-order valence-corrected chi connectivity index (χ2v) is 4.69. The van der Waals surface area contributed by atoms with Crippen molar-refractivity contribution in [1.29, 1.82) is 0 Å². The molecule has 0 aliphatic rings. The Bertz CT molecular complexity index is 258. The van der Waals surface area contributed by atoms with Crippen LogP contribution in [-0.2, 0) is 13.1 Å². The molecule has 0 unspecified atom stereocenters. The molecule has 12 heavy (non-hydrogen) atoms. The zero-order chi connectivity index (χ0) is 9.14. The summed E-state index contributed by atoms with van der Waals surface area (Å²) in [7, 11) is 4.05. The van der Waals surface area contributed by atoms with Gasteiger partial charge in [0.2, 0.25) is 0 Å². The maximum absolute atomic E-state index is 6.00. The van der Waals surface area contributed by atoms with Gasteiger partial charge in [0.25, 0.3) is 0 Å². The number of thiophene rings is 1. The SMILES string of the molecule is CN(C)Cc1cc(CN)sc1Cl. The highest BCUT2D eigenvalue weighted by atomic mass is 35.5. The van der Waals surface area contributed by atoms with Gasteiger partial charge >= 0.3 is 0 Å². The maximum Gasteiger partial charge on any atom is 0.0976 e. The van der Waals surface area contributed by atoms with Crippen LogP contribution in [0, 0.1) is 0 Å². The summed E-state index contributed by atoms with van der Waals surface area (Å²) in [5, 5.41) is 0. The van der Waals surface area contributed by atoms with Gasteiger partial charge in [-0.25, -0.2) is 0 Å². The Hall–Kier alpha value is -0.0900. The van der Waals surface area contributed by atoms with Crippen LogP contribution in [0.15, 0.2) is 6.07 Å². The molecule has 68 valence electrons. The Morgan fingerprint density at radius 3 is 2.67 bits per heavy atom. The topological polar surface area (TPSA) is 29.3 Å². The minimum absolute atomic E-state index is 0.581. The van der Waals surface area contributed by atoms with E-state index in [2.05, 4.69) is 11.0 Å². The number of hydrogen-bond acceptors (Lipinski definition) is 3. The number of halogens is 1. The van der Waals surface area contributed by atoms with E-state index in [1.807, 2.05) is 14.1 Å². The van der Waals surface area contributed by atoms with Crippen LogP contribution in [0.1, 0.15) is 10.4 Å². The van der Waals surface area contributed by atoms with Gasteiger partial charge in [0, 0.05) is 18.0 Å². The molecule has 2 N–H and O–H groups in total. The summed E-state index contributed by atoms with van der Waals surface area (Å²) >= 11 is 7.57. The van der Waals surface area contributed by atoms with E-state index in [0.29, 0.717) is 6.54 Å². The molecule has 0 fully saturated rings. The standard InChI is InChI=1S/C8H13ClN2S/c1-11(2)5-6-3-7(4-10)12-8(6)9/h3H,4-5,10H2,1-2H3. The van der Waals surface area contributed by atoms with Crippen molar-refractivity contribution in [2.24, 2.45) is 5.73 Å². The molecule has 0 saturated carbocycles. The summed E-state index contributed by atoms with van der Waals surface area (Å²) in [5.41, 5.74) is 6.67. The van der Waals surface area contributed by atoms with Crippen molar-refractivity contribution in [2.75, 3.05) is 14.1 Å². The highest BCUT2D eigenvalue weighted by Gasteiger charge is 2.06. The summed E-state index contributed by atoms with van der Waals surface area (Å²) < 4.78 is 0.865. The molecule has 0 aliphatic heterocycles. The first-order valence-electron chi connectivity index (χ1n) is 3.75. The van der Waals surface area contributed by atoms with Gasteiger partial charge in [-0.05, 0) is 25.7 Å². The maximum atomic E-state index is 6.00. The third kappa shape index (κ3) is 2.45. The van der Waals surface area contributed by atoms with Crippen molar-refractivity contribution in [3.05, 3.63) is 20.8 Å². The molecule has 0 aliphatic carbocycles. The van der Waals surface area contributed by atoms with Crippen molar-refractivity contribution in [3.8, 4) is 0 Å². The molecule has 0 saturated heterocycles. The van der Waals surface area contributed by atoms with Gasteiger partial charge in [-0.3, -0.25) is 0 Å². The number of rotatable bonds is 3. The third-order valence-corrected chi connectivity index (χ3v) is 2.96. The average molecular weight is 205 g/mol. The molecular weight excluding hydrogens is 192 g/mol. The first-order valence-corrected chi connectivity index (χ1v) is 4.95. The quantitative estimate of drug-likeness (QED) is 0.816. The lowest BCUT2D eigenvalue weighted by Gasteiger charge is -2.07. The van der Waals surface area contributed by atoms with Gasteiger partial charge in [-0.15, -0.1) is 11.3 Å². The number of nitrogens with zero attached hydrogens (tertiary/aromatic N) is 1. The van der Waals surface area contributed by atoms with Gasteiger partial charge in [0.15, 0.2) is 0 Å². The fourth-order valence-electron chi connectivity index (χ4n) is 1.01. The van der Waals surface area contributed by atoms with E-state index >= 15 is 0 Å². The molecule has 4 heteroatoms. The lowest BCUT2D eigenvalue weighted by atomic mass is 10.3. The van der Waals surface area contributed by atoms with E-state index in [4.69, 9.17) is 17.3 Å². The van der Waals surface area contributed by atoms with Crippen molar-refractivity contribution < 1.29 is 0 Å². The van der Waals surface area contributed by atoms with Crippen LogP contribution in [0.4, 0.5) is 0 Å².